The van der Waals surface area contributed by atoms with Crippen LogP contribution in [-0.4, -0.2) is 51.3 Å². The SMILES string of the molecule is CC#CCn1c(C(=O)NCc2nc3ccccc3c3ccccc23)nnc1N1CCCC(C(=O)OCC)C1. The van der Waals surface area contributed by atoms with Crippen LogP contribution in [0.2, 0.25) is 0 Å². The number of benzene rings is 2. The first-order chi connectivity index (χ1) is 18.6. The first kappa shape index (κ1) is 25.2. The zero-order valence-corrected chi connectivity index (χ0v) is 21.6. The van der Waals surface area contributed by atoms with Gasteiger partial charge < -0.3 is 15.0 Å². The minimum atomic E-state index is -0.361. The monoisotopic (exact) mass is 510 g/mol. The topological polar surface area (TPSA) is 102 Å². The third kappa shape index (κ3) is 5.02. The molecule has 0 saturated carbocycles. The van der Waals surface area contributed by atoms with Crippen molar-refractivity contribution in [2.75, 3.05) is 24.6 Å². The van der Waals surface area contributed by atoms with Gasteiger partial charge in [-0.3, -0.25) is 19.1 Å². The van der Waals surface area contributed by atoms with Crippen LogP contribution < -0.4 is 10.2 Å². The number of pyridine rings is 1. The summed E-state index contributed by atoms with van der Waals surface area (Å²) in [6, 6.07) is 16.0. The van der Waals surface area contributed by atoms with Crippen molar-refractivity contribution in [1.29, 1.82) is 0 Å². The van der Waals surface area contributed by atoms with E-state index in [9.17, 15) is 9.59 Å². The number of esters is 1. The minimum absolute atomic E-state index is 0.172. The van der Waals surface area contributed by atoms with Gasteiger partial charge in [-0.15, -0.1) is 16.1 Å². The molecule has 1 atom stereocenters. The second-order valence-electron chi connectivity index (χ2n) is 9.18. The molecule has 1 amide bonds. The fraction of sp³-hybridized carbons (Fsp3) is 0.345. The summed E-state index contributed by atoms with van der Waals surface area (Å²) in [6.45, 7) is 5.58. The highest BCUT2D eigenvalue weighted by molar-refractivity contribution is 6.06. The molecule has 194 valence electrons. The lowest BCUT2D eigenvalue weighted by molar-refractivity contribution is -0.148. The van der Waals surface area contributed by atoms with E-state index in [0.29, 0.717) is 25.6 Å². The summed E-state index contributed by atoms with van der Waals surface area (Å²) in [5.74, 6) is 5.80. The standard InChI is InChI=1S/C29H30N6O3/c1-3-5-17-35-26(32-33-29(35)34-16-10-11-20(19-34)28(37)38-4-2)27(36)30-18-25-23-14-7-6-12-21(23)22-13-8-9-15-24(22)31-25/h6-9,12-15,20H,4,10-11,16-19H2,1-2H3,(H,30,36). The number of hydrogen-bond donors (Lipinski definition) is 1. The molecule has 0 spiro atoms. The molecule has 5 rings (SSSR count). The zero-order chi connectivity index (χ0) is 26.5. The summed E-state index contributed by atoms with van der Waals surface area (Å²) in [5, 5.41) is 14.7. The van der Waals surface area contributed by atoms with Crippen molar-refractivity contribution in [1.82, 2.24) is 25.1 Å². The quantitative estimate of drug-likeness (QED) is 0.230. The Morgan fingerprint density at radius 3 is 2.63 bits per heavy atom. The van der Waals surface area contributed by atoms with Crippen LogP contribution in [0.4, 0.5) is 5.95 Å². The van der Waals surface area contributed by atoms with Crippen LogP contribution in [-0.2, 0) is 22.6 Å². The van der Waals surface area contributed by atoms with E-state index in [-0.39, 0.29) is 36.7 Å². The average molecular weight is 511 g/mol. The van der Waals surface area contributed by atoms with Gasteiger partial charge in [0.05, 0.1) is 36.8 Å². The molecular weight excluding hydrogens is 480 g/mol. The number of carbonyl (C=O) groups is 2. The van der Waals surface area contributed by atoms with Crippen molar-refractivity contribution < 1.29 is 14.3 Å². The summed E-state index contributed by atoms with van der Waals surface area (Å²) in [7, 11) is 0. The number of hydrogen-bond acceptors (Lipinski definition) is 7. The summed E-state index contributed by atoms with van der Waals surface area (Å²) in [5.41, 5.74) is 1.65. The number of nitrogens with zero attached hydrogens (tertiary/aromatic N) is 5. The van der Waals surface area contributed by atoms with Crippen molar-refractivity contribution >= 4 is 39.5 Å². The van der Waals surface area contributed by atoms with Gasteiger partial charge in [0, 0.05) is 23.9 Å². The lowest BCUT2D eigenvalue weighted by Crippen LogP contribution is -2.41. The van der Waals surface area contributed by atoms with Gasteiger partial charge >= 0.3 is 5.97 Å². The lowest BCUT2D eigenvalue weighted by atomic mass is 9.98. The number of amides is 1. The van der Waals surface area contributed by atoms with Gasteiger partial charge in [-0.1, -0.05) is 48.4 Å². The molecule has 1 saturated heterocycles. The van der Waals surface area contributed by atoms with E-state index in [0.717, 1.165) is 40.2 Å². The fourth-order valence-corrected chi connectivity index (χ4v) is 4.96. The maximum Gasteiger partial charge on any atom is 0.310 e. The van der Waals surface area contributed by atoms with Crippen LogP contribution in [0.5, 0.6) is 0 Å². The molecule has 1 aliphatic heterocycles. The lowest BCUT2D eigenvalue weighted by Gasteiger charge is -2.32. The zero-order valence-electron chi connectivity index (χ0n) is 21.6. The van der Waals surface area contributed by atoms with Gasteiger partial charge in [-0.2, -0.15) is 0 Å². The Kier molecular flexibility index (Phi) is 7.50. The number of nitrogens with one attached hydrogen (secondary N) is 1. The van der Waals surface area contributed by atoms with E-state index in [1.54, 1.807) is 18.4 Å². The molecule has 1 aliphatic rings. The third-order valence-electron chi connectivity index (χ3n) is 6.78. The summed E-state index contributed by atoms with van der Waals surface area (Å²) in [4.78, 5) is 32.5. The van der Waals surface area contributed by atoms with Gasteiger partial charge in [0.2, 0.25) is 11.8 Å². The highest BCUT2D eigenvalue weighted by Crippen LogP contribution is 2.27. The van der Waals surface area contributed by atoms with Crippen LogP contribution in [0.15, 0.2) is 48.5 Å². The van der Waals surface area contributed by atoms with Crippen molar-refractivity contribution in [3.8, 4) is 11.8 Å². The first-order valence-electron chi connectivity index (χ1n) is 12.9. The van der Waals surface area contributed by atoms with Crippen LogP contribution in [0.1, 0.15) is 43.0 Å². The Morgan fingerprint density at radius 2 is 1.84 bits per heavy atom. The van der Waals surface area contributed by atoms with Gasteiger partial charge in [-0.25, -0.2) is 0 Å². The number of anilines is 1. The third-order valence-corrected chi connectivity index (χ3v) is 6.78. The van der Waals surface area contributed by atoms with Gasteiger partial charge in [0.15, 0.2) is 0 Å². The van der Waals surface area contributed by atoms with Crippen LogP contribution in [0.25, 0.3) is 21.7 Å². The first-order valence-corrected chi connectivity index (χ1v) is 12.9. The van der Waals surface area contributed by atoms with Gasteiger partial charge in [-0.05, 0) is 38.1 Å². The van der Waals surface area contributed by atoms with Crippen LogP contribution in [0, 0.1) is 17.8 Å². The number of aromatic nitrogens is 4. The molecule has 0 aliphatic carbocycles. The molecule has 2 aromatic heterocycles. The van der Waals surface area contributed by atoms with Crippen molar-refractivity contribution in [2.45, 2.75) is 39.8 Å². The maximum atomic E-state index is 13.4. The number of fused-ring (bicyclic) bond motifs is 3. The maximum absolute atomic E-state index is 13.4. The van der Waals surface area contributed by atoms with E-state index < -0.39 is 0 Å². The second-order valence-corrected chi connectivity index (χ2v) is 9.18. The van der Waals surface area contributed by atoms with E-state index in [4.69, 9.17) is 9.72 Å². The predicted octanol–water partition coefficient (Wildman–Crippen LogP) is 3.71. The number of para-hydroxylation sites is 1. The number of piperidine rings is 1. The molecule has 3 heterocycles. The highest BCUT2D eigenvalue weighted by Gasteiger charge is 2.30. The Balaban J connectivity index is 1.40. The molecular formula is C29H30N6O3. The molecule has 0 radical (unpaired) electrons. The highest BCUT2D eigenvalue weighted by atomic mass is 16.5. The molecule has 9 nitrogen and oxygen atoms in total. The Bertz CT molecular complexity index is 1550. The smallest absolute Gasteiger partial charge is 0.310 e. The molecule has 1 unspecified atom stereocenters. The molecule has 1 N–H and O–H groups in total. The van der Waals surface area contributed by atoms with Gasteiger partial charge in [0.1, 0.15) is 0 Å². The Labute approximate surface area is 221 Å². The van der Waals surface area contributed by atoms with E-state index in [1.807, 2.05) is 41.3 Å². The van der Waals surface area contributed by atoms with Crippen molar-refractivity contribution in [2.24, 2.45) is 5.92 Å². The largest absolute Gasteiger partial charge is 0.466 e. The van der Waals surface area contributed by atoms with E-state index in [1.165, 1.54) is 0 Å². The fourth-order valence-electron chi connectivity index (χ4n) is 4.96. The number of carbonyl (C=O) groups excluding carboxylic acids is 2. The Hall–Kier alpha value is -4.45. The molecule has 0 bridgehead atoms. The Morgan fingerprint density at radius 1 is 1.08 bits per heavy atom. The van der Waals surface area contributed by atoms with Crippen molar-refractivity contribution in [3.63, 3.8) is 0 Å². The molecule has 4 aromatic rings. The van der Waals surface area contributed by atoms with Crippen LogP contribution in [0.3, 0.4) is 0 Å². The minimum Gasteiger partial charge on any atom is -0.466 e. The van der Waals surface area contributed by atoms with Crippen LogP contribution >= 0.6 is 0 Å². The average Bonchev–Trinajstić information content (AvgIpc) is 3.39. The summed E-state index contributed by atoms with van der Waals surface area (Å²) < 4.78 is 6.95. The summed E-state index contributed by atoms with van der Waals surface area (Å²) in [6.07, 6.45) is 1.58. The van der Waals surface area contributed by atoms with E-state index in [2.05, 4.69) is 39.5 Å². The molecule has 38 heavy (non-hydrogen) atoms. The molecule has 1 fully saturated rings. The molecule has 9 heteroatoms. The number of ether oxygens (including phenoxy) is 1. The molecule has 2 aromatic carbocycles. The normalized spacial score (nSPS) is 15.2. The van der Waals surface area contributed by atoms with Crippen molar-refractivity contribution in [3.05, 3.63) is 60.0 Å². The predicted molar refractivity (Wildman–Crippen MR) is 145 cm³/mol. The summed E-state index contributed by atoms with van der Waals surface area (Å²) >= 11 is 0. The number of rotatable bonds is 7. The van der Waals surface area contributed by atoms with Gasteiger partial charge in [0.25, 0.3) is 5.91 Å². The van der Waals surface area contributed by atoms with E-state index >= 15 is 0 Å². The second kappa shape index (κ2) is 11.3.